The molecule has 2 aliphatic rings. The second kappa shape index (κ2) is 5.28. The normalized spacial score (nSPS) is 23.3. The number of anilines is 1. The highest BCUT2D eigenvalue weighted by atomic mass is 127. The molecule has 0 aromatic carbocycles. The topological polar surface area (TPSA) is 47.0 Å². The van der Waals surface area contributed by atoms with Crippen molar-refractivity contribution < 1.29 is 4.74 Å². The molecule has 0 bridgehead atoms. The van der Waals surface area contributed by atoms with Crippen LogP contribution >= 0.6 is 22.6 Å². The third-order valence-corrected chi connectivity index (χ3v) is 4.56. The summed E-state index contributed by atoms with van der Waals surface area (Å²) in [4.78, 5) is 9.53. The zero-order valence-electron chi connectivity index (χ0n) is 10.6. The fourth-order valence-electron chi connectivity index (χ4n) is 2.32. The fourth-order valence-corrected chi connectivity index (χ4v) is 3.19. The third kappa shape index (κ3) is 2.47. The number of ether oxygens (including phenoxy) is 1. The predicted octanol–water partition coefficient (Wildman–Crippen LogP) is 2.89. The number of hydrogen-bond acceptors (Lipinski definition) is 4. The summed E-state index contributed by atoms with van der Waals surface area (Å²) in [5.74, 6) is 3.04. The highest BCUT2D eigenvalue weighted by Crippen LogP contribution is 2.42. The molecule has 1 aromatic heterocycles. The molecule has 1 aliphatic carbocycles. The molecule has 2 heterocycles. The van der Waals surface area contributed by atoms with Crippen molar-refractivity contribution in [2.45, 2.75) is 38.0 Å². The van der Waals surface area contributed by atoms with Gasteiger partial charge in [0.1, 0.15) is 11.6 Å². The van der Waals surface area contributed by atoms with Gasteiger partial charge in [0.05, 0.1) is 15.9 Å². The van der Waals surface area contributed by atoms with Crippen molar-refractivity contribution in [1.82, 2.24) is 9.97 Å². The van der Waals surface area contributed by atoms with Crippen molar-refractivity contribution in [3.8, 4) is 0 Å². The first-order chi connectivity index (χ1) is 8.79. The first kappa shape index (κ1) is 12.6. The van der Waals surface area contributed by atoms with Gasteiger partial charge < -0.3 is 10.1 Å². The van der Waals surface area contributed by atoms with Gasteiger partial charge in [-0.05, 0) is 48.8 Å². The number of rotatable bonds is 4. The molecule has 1 atom stereocenters. The van der Waals surface area contributed by atoms with Crippen molar-refractivity contribution in [3.05, 3.63) is 15.1 Å². The van der Waals surface area contributed by atoms with Crippen LogP contribution in [0.15, 0.2) is 0 Å². The fraction of sp³-hybridized carbons (Fsp3) is 0.692. The van der Waals surface area contributed by atoms with E-state index in [2.05, 4.69) is 34.8 Å². The van der Waals surface area contributed by atoms with Crippen molar-refractivity contribution in [1.29, 1.82) is 0 Å². The zero-order valence-corrected chi connectivity index (χ0v) is 12.7. The van der Waals surface area contributed by atoms with E-state index >= 15 is 0 Å². The Kier molecular flexibility index (Phi) is 3.70. The van der Waals surface area contributed by atoms with Crippen LogP contribution < -0.4 is 5.32 Å². The van der Waals surface area contributed by atoms with Crippen LogP contribution in [0, 0.1) is 3.57 Å². The van der Waals surface area contributed by atoms with Crippen molar-refractivity contribution in [2.24, 2.45) is 0 Å². The van der Waals surface area contributed by atoms with Gasteiger partial charge in [0.15, 0.2) is 0 Å². The molecule has 2 fully saturated rings. The maximum absolute atomic E-state index is 5.46. The van der Waals surface area contributed by atoms with Crippen molar-refractivity contribution in [3.63, 3.8) is 0 Å². The maximum Gasteiger partial charge on any atom is 0.143 e. The van der Waals surface area contributed by atoms with Crippen molar-refractivity contribution in [2.75, 3.05) is 25.1 Å². The minimum absolute atomic E-state index is 0.386. The summed E-state index contributed by atoms with van der Waals surface area (Å²) in [6.07, 6.45) is 3.61. The molecule has 1 aromatic rings. The standard InChI is InChI=1S/C13H18IN3O/c1-2-15-13-10(14)11(8-3-4-8)16-12(17-13)9-5-6-18-7-9/h8-9H,2-7H2,1H3,(H,15,16,17). The van der Waals surface area contributed by atoms with Crippen LogP contribution in [0.1, 0.15) is 49.5 Å². The van der Waals surface area contributed by atoms with Gasteiger partial charge in [-0.3, -0.25) is 0 Å². The molecule has 1 saturated carbocycles. The minimum Gasteiger partial charge on any atom is -0.381 e. The Morgan fingerprint density at radius 1 is 1.28 bits per heavy atom. The molecular weight excluding hydrogens is 341 g/mol. The highest BCUT2D eigenvalue weighted by molar-refractivity contribution is 14.1. The van der Waals surface area contributed by atoms with Crippen LogP contribution in [-0.4, -0.2) is 29.7 Å². The minimum atomic E-state index is 0.386. The first-order valence-corrected chi connectivity index (χ1v) is 7.76. The molecule has 1 unspecified atom stereocenters. The average molecular weight is 359 g/mol. The van der Waals surface area contributed by atoms with Gasteiger partial charge in [-0.15, -0.1) is 0 Å². The molecule has 98 valence electrons. The molecule has 0 radical (unpaired) electrons. The largest absolute Gasteiger partial charge is 0.381 e. The Hall–Kier alpha value is -0.430. The van der Waals surface area contributed by atoms with E-state index in [9.17, 15) is 0 Å². The summed E-state index contributed by atoms with van der Waals surface area (Å²) in [6, 6.07) is 0. The molecule has 18 heavy (non-hydrogen) atoms. The lowest BCUT2D eigenvalue weighted by molar-refractivity contribution is 0.193. The number of nitrogens with one attached hydrogen (secondary N) is 1. The van der Waals surface area contributed by atoms with Crippen LogP contribution in [-0.2, 0) is 4.74 Å². The number of aromatic nitrogens is 2. The molecule has 0 spiro atoms. The number of hydrogen-bond donors (Lipinski definition) is 1. The summed E-state index contributed by atoms with van der Waals surface area (Å²) >= 11 is 2.38. The van der Waals surface area contributed by atoms with Gasteiger partial charge in [0, 0.05) is 25.0 Å². The average Bonchev–Trinajstić information content (AvgIpc) is 3.06. The smallest absolute Gasteiger partial charge is 0.143 e. The Bertz CT molecular complexity index is 442. The van der Waals surface area contributed by atoms with E-state index in [1.807, 2.05) is 0 Å². The van der Waals surface area contributed by atoms with E-state index in [1.54, 1.807) is 0 Å². The van der Waals surface area contributed by atoms with Gasteiger partial charge in [-0.2, -0.15) is 0 Å². The summed E-state index contributed by atoms with van der Waals surface area (Å²) in [7, 11) is 0. The van der Waals surface area contributed by atoms with E-state index in [4.69, 9.17) is 14.7 Å². The van der Waals surface area contributed by atoms with E-state index < -0.39 is 0 Å². The van der Waals surface area contributed by atoms with Crippen LogP contribution in [0.2, 0.25) is 0 Å². The van der Waals surface area contributed by atoms with Crippen LogP contribution in [0.25, 0.3) is 0 Å². The molecule has 0 amide bonds. The number of halogens is 1. The van der Waals surface area contributed by atoms with Crippen LogP contribution in [0.3, 0.4) is 0 Å². The Morgan fingerprint density at radius 3 is 2.72 bits per heavy atom. The second-order valence-corrected chi connectivity index (χ2v) is 6.07. The monoisotopic (exact) mass is 359 g/mol. The highest BCUT2D eigenvalue weighted by Gasteiger charge is 2.31. The molecule has 3 rings (SSSR count). The molecular formula is C13H18IN3O. The van der Waals surface area contributed by atoms with Crippen molar-refractivity contribution >= 4 is 28.4 Å². The van der Waals surface area contributed by atoms with Gasteiger partial charge in [0.25, 0.3) is 0 Å². The summed E-state index contributed by atoms with van der Waals surface area (Å²) in [5, 5.41) is 3.36. The van der Waals surface area contributed by atoms with E-state index in [0.717, 1.165) is 37.8 Å². The molecule has 1 saturated heterocycles. The van der Waals surface area contributed by atoms with Gasteiger partial charge in [-0.1, -0.05) is 0 Å². The predicted molar refractivity (Wildman–Crippen MR) is 79.1 cm³/mol. The lowest BCUT2D eigenvalue weighted by Gasteiger charge is -2.14. The number of nitrogens with zero attached hydrogens (tertiary/aromatic N) is 2. The Morgan fingerprint density at radius 2 is 2.11 bits per heavy atom. The molecule has 4 nitrogen and oxygen atoms in total. The first-order valence-electron chi connectivity index (χ1n) is 6.68. The van der Waals surface area contributed by atoms with E-state index in [0.29, 0.717) is 11.8 Å². The maximum atomic E-state index is 5.46. The molecule has 1 aliphatic heterocycles. The van der Waals surface area contributed by atoms with Crippen LogP contribution in [0.5, 0.6) is 0 Å². The lowest BCUT2D eigenvalue weighted by Crippen LogP contribution is -2.12. The summed E-state index contributed by atoms with van der Waals surface area (Å²) in [6.45, 7) is 4.62. The molecule has 1 N–H and O–H groups in total. The second-order valence-electron chi connectivity index (χ2n) is 4.99. The van der Waals surface area contributed by atoms with Gasteiger partial charge in [-0.25, -0.2) is 9.97 Å². The lowest BCUT2D eigenvalue weighted by atomic mass is 10.1. The quantitative estimate of drug-likeness (QED) is 0.840. The Labute approximate surface area is 121 Å². The van der Waals surface area contributed by atoms with Gasteiger partial charge >= 0.3 is 0 Å². The van der Waals surface area contributed by atoms with E-state index in [1.165, 1.54) is 22.1 Å². The summed E-state index contributed by atoms with van der Waals surface area (Å²) in [5.41, 5.74) is 1.25. The Balaban J connectivity index is 1.97. The van der Waals surface area contributed by atoms with Crippen LogP contribution in [0.4, 0.5) is 5.82 Å². The zero-order chi connectivity index (χ0) is 12.5. The third-order valence-electron chi connectivity index (χ3n) is 3.50. The summed E-state index contributed by atoms with van der Waals surface area (Å²) < 4.78 is 6.66. The SMILES string of the molecule is CCNc1nc(C2CCOC2)nc(C2CC2)c1I. The van der Waals surface area contributed by atoms with Gasteiger partial charge in [0.2, 0.25) is 0 Å². The molecule has 5 heteroatoms. The van der Waals surface area contributed by atoms with E-state index in [-0.39, 0.29) is 0 Å².